The van der Waals surface area contributed by atoms with E-state index in [2.05, 4.69) is 20.9 Å². The molecule has 0 spiro atoms. The van der Waals surface area contributed by atoms with Crippen molar-refractivity contribution >= 4 is 23.4 Å². The van der Waals surface area contributed by atoms with E-state index in [1.165, 1.54) is 12.4 Å². The Morgan fingerprint density at radius 2 is 1.92 bits per heavy atom. The number of nitrogens with zero attached hydrogens (tertiary/aromatic N) is 3. The van der Waals surface area contributed by atoms with Crippen molar-refractivity contribution in [2.45, 2.75) is 13.3 Å². The van der Waals surface area contributed by atoms with Crippen LogP contribution in [-0.2, 0) is 6.42 Å². The highest BCUT2D eigenvalue weighted by Gasteiger charge is 2.18. The van der Waals surface area contributed by atoms with E-state index in [1.54, 1.807) is 35.0 Å². The van der Waals surface area contributed by atoms with Crippen molar-refractivity contribution in [2.24, 2.45) is 0 Å². The molecule has 0 bridgehead atoms. The molecule has 0 saturated carbocycles. The maximum absolute atomic E-state index is 12.4. The smallest absolute Gasteiger partial charge is 0.267 e. The average molecular weight is 370 g/mol. The topological polar surface area (TPSA) is 88.9 Å². The van der Waals surface area contributed by atoms with Crippen LogP contribution in [0.25, 0.3) is 5.69 Å². The van der Waals surface area contributed by atoms with Gasteiger partial charge in [-0.25, -0.2) is 4.68 Å². The Kier molecular flexibility index (Phi) is 5.28. The van der Waals surface area contributed by atoms with Crippen molar-refractivity contribution in [3.05, 3.63) is 76.8 Å². The molecule has 7 nitrogen and oxygen atoms in total. The van der Waals surface area contributed by atoms with Crippen molar-refractivity contribution in [2.75, 3.05) is 0 Å². The second-order valence-electron chi connectivity index (χ2n) is 5.37. The monoisotopic (exact) mass is 369 g/mol. The highest BCUT2D eigenvalue weighted by molar-refractivity contribution is 6.30. The van der Waals surface area contributed by atoms with Gasteiger partial charge in [0.05, 0.1) is 23.1 Å². The molecule has 0 atom stereocenters. The molecule has 0 aliphatic rings. The number of carbonyl (C=O) groups excluding carboxylic acids is 2. The second-order valence-corrected chi connectivity index (χ2v) is 5.81. The fourth-order valence-corrected chi connectivity index (χ4v) is 2.66. The van der Waals surface area contributed by atoms with Gasteiger partial charge in [-0.3, -0.25) is 25.4 Å². The highest BCUT2D eigenvalue weighted by Crippen LogP contribution is 2.19. The molecule has 0 aliphatic heterocycles. The third kappa shape index (κ3) is 3.73. The lowest BCUT2D eigenvalue weighted by Gasteiger charge is -2.09. The standard InChI is InChI=1S/C18H16ClN5O2/c1-2-16-14(11-21-24(16)13-7-5-6-12(19)10-13)17(25)22-23-18(26)15-8-3-4-9-20-15/h3-11H,2H2,1H3,(H,22,25)(H,23,26). The lowest BCUT2D eigenvalue weighted by Crippen LogP contribution is -2.42. The molecule has 8 heteroatoms. The lowest BCUT2D eigenvalue weighted by molar-refractivity contribution is 0.0843. The third-order valence-electron chi connectivity index (χ3n) is 3.69. The summed E-state index contributed by atoms with van der Waals surface area (Å²) in [7, 11) is 0. The molecule has 0 radical (unpaired) electrons. The van der Waals surface area contributed by atoms with Crippen molar-refractivity contribution < 1.29 is 9.59 Å². The molecule has 26 heavy (non-hydrogen) atoms. The first-order valence-electron chi connectivity index (χ1n) is 7.94. The van der Waals surface area contributed by atoms with Gasteiger partial charge in [-0.2, -0.15) is 5.10 Å². The van der Waals surface area contributed by atoms with Crippen molar-refractivity contribution in [1.82, 2.24) is 25.6 Å². The Labute approximate surface area is 155 Å². The predicted octanol–water partition coefficient (Wildman–Crippen LogP) is 2.56. The van der Waals surface area contributed by atoms with E-state index in [9.17, 15) is 9.59 Å². The predicted molar refractivity (Wildman–Crippen MR) is 97.1 cm³/mol. The summed E-state index contributed by atoms with van der Waals surface area (Å²) < 4.78 is 1.65. The summed E-state index contributed by atoms with van der Waals surface area (Å²) in [5.41, 5.74) is 6.77. The van der Waals surface area contributed by atoms with E-state index < -0.39 is 11.8 Å². The molecule has 132 valence electrons. The van der Waals surface area contributed by atoms with Gasteiger partial charge in [0, 0.05) is 11.2 Å². The number of hydrazine groups is 1. The first-order valence-corrected chi connectivity index (χ1v) is 8.32. The Hall–Kier alpha value is -3.19. The molecule has 0 fully saturated rings. The molecule has 0 aliphatic carbocycles. The van der Waals surface area contributed by atoms with E-state index in [0.29, 0.717) is 22.7 Å². The summed E-state index contributed by atoms with van der Waals surface area (Å²) in [5, 5.41) is 4.85. The quantitative estimate of drug-likeness (QED) is 0.692. The highest BCUT2D eigenvalue weighted by atomic mass is 35.5. The molecule has 2 amide bonds. The Morgan fingerprint density at radius 3 is 2.62 bits per heavy atom. The lowest BCUT2D eigenvalue weighted by atomic mass is 10.2. The van der Waals surface area contributed by atoms with Gasteiger partial charge in [0.2, 0.25) is 0 Å². The third-order valence-corrected chi connectivity index (χ3v) is 3.92. The zero-order valence-electron chi connectivity index (χ0n) is 13.9. The van der Waals surface area contributed by atoms with Crippen molar-refractivity contribution in [3.8, 4) is 5.69 Å². The van der Waals surface area contributed by atoms with Crippen LogP contribution in [0.15, 0.2) is 54.9 Å². The first-order chi connectivity index (χ1) is 12.6. The zero-order valence-corrected chi connectivity index (χ0v) is 14.7. The number of rotatable bonds is 4. The maximum atomic E-state index is 12.4. The first kappa shape index (κ1) is 17.6. The van der Waals surface area contributed by atoms with Crippen LogP contribution in [0.1, 0.15) is 33.5 Å². The molecule has 3 rings (SSSR count). The van der Waals surface area contributed by atoms with Gasteiger partial charge in [-0.1, -0.05) is 30.7 Å². The maximum Gasteiger partial charge on any atom is 0.288 e. The van der Waals surface area contributed by atoms with Crippen LogP contribution in [0, 0.1) is 0 Å². The van der Waals surface area contributed by atoms with E-state index in [4.69, 9.17) is 11.6 Å². The normalized spacial score (nSPS) is 10.4. The van der Waals surface area contributed by atoms with E-state index in [0.717, 1.165) is 5.69 Å². The van der Waals surface area contributed by atoms with Gasteiger partial charge >= 0.3 is 0 Å². The minimum atomic E-state index is -0.501. The van der Waals surface area contributed by atoms with Crippen LogP contribution in [0.5, 0.6) is 0 Å². The number of pyridine rings is 1. The Morgan fingerprint density at radius 1 is 1.12 bits per heavy atom. The summed E-state index contributed by atoms with van der Waals surface area (Å²) in [6.07, 6.45) is 3.53. The molecule has 0 unspecified atom stereocenters. The van der Waals surface area contributed by atoms with Gasteiger partial charge in [0.25, 0.3) is 11.8 Å². The van der Waals surface area contributed by atoms with Crippen LogP contribution in [0.4, 0.5) is 0 Å². The van der Waals surface area contributed by atoms with Crippen LogP contribution in [0.3, 0.4) is 0 Å². The van der Waals surface area contributed by atoms with Gasteiger partial charge in [-0.05, 0) is 36.8 Å². The fraction of sp³-hybridized carbons (Fsp3) is 0.111. The molecule has 1 aromatic carbocycles. The molecular weight excluding hydrogens is 354 g/mol. The van der Waals surface area contributed by atoms with Crippen LogP contribution >= 0.6 is 11.6 Å². The van der Waals surface area contributed by atoms with E-state index in [1.807, 2.05) is 19.1 Å². The van der Waals surface area contributed by atoms with Gasteiger partial charge in [0.1, 0.15) is 5.69 Å². The number of hydrogen-bond donors (Lipinski definition) is 2. The number of carbonyl (C=O) groups is 2. The van der Waals surface area contributed by atoms with Gasteiger partial charge in [-0.15, -0.1) is 0 Å². The zero-order chi connectivity index (χ0) is 18.5. The summed E-state index contributed by atoms with van der Waals surface area (Å²) in [4.78, 5) is 28.3. The number of aromatic nitrogens is 3. The largest absolute Gasteiger partial charge is 0.288 e. The van der Waals surface area contributed by atoms with Crippen LogP contribution in [-0.4, -0.2) is 26.6 Å². The SMILES string of the molecule is CCc1c(C(=O)NNC(=O)c2ccccn2)cnn1-c1cccc(Cl)c1. The van der Waals surface area contributed by atoms with Crippen molar-refractivity contribution in [3.63, 3.8) is 0 Å². The molecule has 2 heterocycles. The van der Waals surface area contributed by atoms with Crippen LogP contribution in [0.2, 0.25) is 5.02 Å². The number of nitrogens with one attached hydrogen (secondary N) is 2. The minimum Gasteiger partial charge on any atom is -0.267 e. The minimum absolute atomic E-state index is 0.207. The number of halogens is 1. The average Bonchev–Trinajstić information content (AvgIpc) is 3.10. The second kappa shape index (κ2) is 7.79. The Bertz CT molecular complexity index is 940. The number of hydrogen-bond acceptors (Lipinski definition) is 4. The van der Waals surface area contributed by atoms with E-state index >= 15 is 0 Å². The summed E-state index contributed by atoms with van der Waals surface area (Å²) in [6, 6.07) is 12.1. The number of benzene rings is 1. The van der Waals surface area contributed by atoms with Gasteiger partial charge < -0.3 is 0 Å². The fourth-order valence-electron chi connectivity index (χ4n) is 2.48. The summed E-state index contributed by atoms with van der Waals surface area (Å²) >= 11 is 6.03. The molecule has 2 N–H and O–H groups in total. The van der Waals surface area contributed by atoms with E-state index in [-0.39, 0.29) is 5.69 Å². The van der Waals surface area contributed by atoms with Crippen molar-refractivity contribution in [1.29, 1.82) is 0 Å². The number of amides is 2. The van der Waals surface area contributed by atoms with Gasteiger partial charge in [0.15, 0.2) is 0 Å². The summed E-state index contributed by atoms with van der Waals surface area (Å²) in [5.74, 6) is -0.960. The molecular formula is C18H16ClN5O2. The molecule has 0 saturated heterocycles. The molecule has 3 aromatic rings. The molecule has 2 aromatic heterocycles. The summed E-state index contributed by atoms with van der Waals surface area (Å²) in [6.45, 7) is 1.92. The Balaban J connectivity index is 1.77. The van der Waals surface area contributed by atoms with Crippen LogP contribution < -0.4 is 10.9 Å².